The highest BCUT2D eigenvalue weighted by molar-refractivity contribution is 9.10. The van der Waals surface area contributed by atoms with Crippen molar-refractivity contribution < 1.29 is 23.0 Å². The fourth-order valence-corrected chi connectivity index (χ4v) is 3.68. The first-order valence-electron chi connectivity index (χ1n) is 7.54. The van der Waals surface area contributed by atoms with Crippen LogP contribution in [0.5, 0.6) is 5.75 Å². The molecule has 0 radical (unpaired) electrons. The smallest absolute Gasteiger partial charge is 0.387 e. The maximum Gasteiger partial charge on any atom is 0.387 e. The van der Waals surface area contributed by atoms with E-state index in [9.17, 15) is 18.3 Å². The number of benzene rings is 1. The van der Waals surface area contributed by atoms with Crippen molar-refractivity contribution >= 4 is 21.6 Å². The van der Waals surface area contributed by atoms with Gasteiger partial charge >= 0.3 is 6.61 Å². The molecule has 0 fully saturated rings. The highest BCUT2D eigenvalue weighted by Crippen LogP contribution is 2.46. The average Bonchev–Trinajstić information content (AvgIpc) is 3.06. The number of para-hydroxylation sites is 1. The van der Waals surface area contributed by atoms with Gasteiger partial charge < -0.3 is 14.2 Å². The van der Waals surface area contributed by atoms with E-state index in [2.05, 4.69) is 25.7 Å². The van der Waals surface area contributed by atoms with Crippen molar-refractivity contribution in [3.05, 3.63) is 63.8 Å². The molecule has 2 heterocycles. The number of halogens is 4. The lowest BCUT2D eigenvalue weighted by molar-refractivity contribution is -0.0505. The Labute approximate surface area is 149 Å². The zero-order valence-electron chi connectivity index (χ0n) is 12.7. The van der Waals surface area contributed by atoms with Gasteiger partial charge in [0.05, 0.1) is 22.0 Å². The number of aliphatic hydroxyl groups is 1. The molecule has 25 heavy (non-hydrogen) atoms. The largest absolute Gasteiger partial charge is 0.435 e. The second-order valence-corrected chi connectivity index (χ2v) is 6.65. The number of ether oxygens (including phenoxy) is 1. The summed E-state index contributed by atoms with van der Waals surface area (Å²) in [5.74, 6) is -0.811. The minimum absolute atomic E-state index is 0.0543. The van der Waals surface area contributed by atoms with Gasteiger partial charge in [-0.2, -0.15) is 8.78 Å². The van der Waals surface area contributed by atoms with Gasteiger partial charge in [0.1, 0.15) is 17.2 Å². The number of aliphatic hydroxyl groups excluding tert-OH is 1. The van der Waals surface area contributed by atoms with Gasteiger partial charge in [-0.05, 0) is 28.4 Å². The number of rotatable bonds is 3. The van der Waals surface area contributed by atoms with Gasteiger partial charge in [-0.25, -0.2) is 9.37 Å². The SMILES string of the molecule is OC1CC(c2ccccc2OC(F)F)c2c1nc1cc(F)c(Br)cn21. The van der Waals surface area contributed by atoms with Crippen molar-refractivity contribution in [3.8, 4) is 5.75 Å². The third kappa shape index (κ3) is 2.69. The molecule has 2 atom stereocenters. The van der Waals surface area contributed by atoms with E-state index in [1.165, 1.54) is 18.3 Å². The maximum atomic E-state index is 13.8. The molecular formula is C17H12BrF3N2O2. The molecule has 1 aliphatic rings. The molecule has 1 N–H and O–H groups in total. The molecule has 0 saturated heterocycles. The monoisotopic (exact) mass is 412 g/mol. The van der Waals surface area contributed by atoms with Crippen LogP contribution < -0.4 is 4.74 Å². The normalized spacial score (nSPS) is 19.6. The summed E-state index contributed by atoms with van der Waals surface area (Å²) in [6.45, 7) is -2.95. The topological polar surface area (TPSA) is 46.8 Å². The fourth-order valence-electron chi connectivity index (χ4n) is 3.36. The number of imidazole rings is 1. The van der Waals surface area contributed by atoms with E-state index in [4.69, 9.17) is 0 Å². The highest BCUT2D eigenvalue weighted by atomic mass is 79.9. The van der Waals surface area contributed by atoms with Gasteiger partial charge in [0, 0.05) is 23.7 Å². The Morgan fingerprint density at radius 2 is 2.08 bits per heavy atom. The second-order valence-electron chi connectivity index (χ2n) is 5.80. The summed E-state index contributed by atoms with van der Waals surface area (Å²) in [4.78, 5) is 4.31. The lowest BCUT2D eigenvalue weighted by Gasteiger charge is -2.17. The lowest BCUT2D eigenvalue weighted by atomic mass is 9.95. The molecule has 0 spiro atoms. The van der Waals surface area contributed by atoms with Crippen LogP contribution in [0.25, 0.3) is 5.65 Å². The van der Waals surface area contributed by atoms with Crippen molar-refractivity contribution in [3.63, 3.8) is 0 Å². The zero-order chi connectivity index (χ0) is 17.7. The molecule has 0 saturated carbocycles. The number of pyridine rings is 1. The Balaban J connectivity index is 1.90. The first kappa shape index (κ1) is 16.4. The van der Waals surface area contributed by atoms with E-state index >= 15 is 0 Å². The summed E-state index contributed by atoms with van der Waals surface area (Å²) in [5, 5.41) is 10.4. The van der Waals surface area contributed by atoms with Crippen LogP contribution in [-0.2, 0) is 0 Å². The highest BCUT2D eigenvalue weighted by Gasteiger charge is 2.37. The summed E-state index contributed by atoms with van der Waals surface area (Å²) < 4.78 is 45.7. The summed E-state index contributed by atoms with van der Waals surface area (Å²) in [6, 6.07) is 7.73. The van der Waals surface area contributed by atoms with Crippen LogP contribution in [-0.4, -0.2) is 21.1 Å². The van der Waals surface area contributed by atoms with Crippen molar-refractivity contribution in [2.45, 2.75) is 25.1 Å². The number of fused-ring (bicyclic) bond motifs is 3. The van der Waals surface area contributed by atoms with E-state index in [1.807, 2.05) is 0 Å². The molecule has 2 aromatic heterocycles. The fraction of sp³-hybridized carbons (Fsp3) is 0.235. The molecule has 8 heteroatoms. The van der Waals surface area contributed by atoms with Crippen LogP contribution in [0, 0.1) is 5.82 Å². The molecule has 3 aromatic rings. The Bertz CT molecular complexity index is 960. The molecule has 1 aromatic carbocycles. The predicted octanol–water partition coefficient (Wildman–Crippen LogP) is 4.41. The lowest BCUT2D eigenvalue weighted by Crippen LogP contribution is -2.08. The van der Waals surface area contributed by atoms with E-state index in [-0.39, 0.29) is 10.2 Å². The Morgan fingerprint density at radius 3 is 2.84 bits per heavy atom. The van der Waals surface area contributed by atoms with Gasteiger partial charge in [0.2, 0.25) is 0 Å². The van der Waals surface area contributed by atoms with Gasteiger partial charge in [0.25, 0.3) is 0 Å². The first-order chi connectivity index (χ1) is 12.0. The van der Waals surface area contributed by atoms with Gasteiger partial charge in [-0.1, -0.05) is 18.2 Å². The predicted molar refractivity (Wildman–Crippen MR) is 87.3 cm³/mol. The molecular weight excluding hydrogens is 401 g/mol. The number of hydrogen-bond donors (Lipinski definition) is 1. The maximum absolute atomic E-state index is 13.8. The van der Waals surface area contributed by atoms with E-state index < -0.39 is 24.5 Å². The Hall–Kier alpha value is -2.06. The standard InChI is InChI=1S/C17H12BrF3N2O2/c18-10-7-23-14(6-11(10)19)22-15-12(24)5-9(16(15)23)8-3-1-2-4-13(8)25-17(20)21/h1-4,6-7,9,12,17,24H,5H2. The molecule has 0 bridgehead atoms. The summed E-state index contributed by atoms with van der Waals surface area (Å²) in [6.07, 6.45) is 0.957. The van der Waals surface area contributed by atoms with Crippen LogP contribution in [0.3, 0.4) is 0 Å². The minimum Gasteiger partial charge on any atom is -0.435 e. The van der Waals surface area contributed by atoms with Crippen LogP contribution in [0.2, 0.25) is 0 Å². The molecule has 0 aliphatic heterocycles. The zero-order valence-corrected chi connectivity index (χ0v) is 14.3. The number of aromatic nitrogens is 2. The summed E-state index contributed by atoms with van der Waals surface area (Å²) >= 11 is 3.14. The quantitative estimate of drug-likeness (QED) is 0.693. The Kier molecular flexibility index (Phi) is 3.96. The van der Waals surface area contributed by atoms with Crippen LogP contribution >= 0.6 is 15.9 Å². The van der Waals surface area contributed by atoms with Crippen LogP contribution in [0.15, 0.2) is 41.0 Å². The molecule has 2 unspecified atom stereocenters. The Morgan fingerprint density at radius 1 is 1.32 bits per heavy atom. The molecule has 1 aliphatic carbocycles. The minimum atomic E-state index is -2.95. The number of nitrogens with zero attached hydrogens (tertiary/aromatic N) is 2. The van der Waals surface area contributed by atoms with Gasteiger partial charge in [0.15, 0.2) is 0 Å². The van der Waals surface area contributed by atoms with Crippen LogP contribution in [0.4, 0.5) is 13.2 Å². The number of hydrogen-bond acceptors (Lipinski definition) is 3. The van der Waals surface area contributed by atoms with Crippen molar-refractivity contribution in [2.24, 2.45) is 0 Å². The van der Waals surface area contributed by atoms with Gasteiger partial charge in [-0.15, -0.1) is 0 Å². The number of alkyl halides is 2. The van der Waals surface area contributed by atoms with Crippen LogP contribution in [0.1, 0.15) is 35.4 Å². The molecule has 4 nitrogen and oxygen atoms in total. The van der Waals surface area contributed by atoms with E-state index in [0.717, 1.165) is 0 Å². The van der Waals surface area contributed by atoms with E-state index in [0.29, 0.717) is 29.0 Å². The van der Waals surface area contributed by atoms with Crippen molar-refractivity contribution in [1.29, 1.82) is 0 Å². The first-order valence-corrected chi connectivity index (χ1v) is 8.33. The molecule has 4 rings (SSSR count). The summed E-state index contributed by atoms with van der Waals surface area (Å²) in [7, 11) is 0. The third-order valence-electron chi connectivity index (χ3n) is 4.35. The van der Waals surface area contributed by atoms with E-state index in [1.54, 1.807) is 22.6 Å². The third-order valence-corrected chi connectivity index (χ3v) is 4.93. The molecule has 130 valence electrons. The summed E-state index contributed by atoms with van der Waals surface area (Å²) in [5.41, 5.74) is 1.95. The van der Waals surface area contributed by atoms with Gasteiger partial charge in [-0.3, -0.25) is 0 Å². The van der Waals surface area contributed by atoms with Crippen molar-refractivity contribution in [1.82, 2.24) is 9.38 Å². The van der Waals surface area contributed by atoms with Crippen molar-refractivity contribution in [2.75, 3.05) is 0 Å². The second kappa shape index (κ2) is 6.03. The molecule has 0 amide bonds. The average molecular weight is 413 g/mol.